The lowest BCUT2D eigenvalue weighted by Gasteiger charge is -2.37. The first-order valence-corrected chi connectivity index (χ1v) is 9.08. The van der Waals surface area contributed by atoms with Crippen molar-refractivity contribution < 1.29 is 9.90 Å². The highest BCUT2D eigenvalue weighted by molar-refractivity contribution is 5.84. The molecular formula is C17H28N4O2. The molecule has 2 aliphatic carbocycles. The minimum atomic E-state index is -1.01. The molecule has 6 nitrogen and oxygen atoms in total. The van der Waals surface area contributed by atoms with Crippen LogP contribution in [0.4, 0.5) is 0 Å². The second-order valence-electron chi connectivity index (χ2n) is 7.14. The predicted molar refractivity (Wildman–Crippen MR) is 87.4 cm³/mol. The van der Waals surface area contributed by atoms with Crippen LogP contribution in [0.15, 0.2) is 6.20 Å². The second-order valence-corrected chi connectivity index (χ2v) is 7.14. The van der Waals surface area contributed by atoms with E-state index in [4.69, 9.17) is 5.11 Å². The Bertz CT molecular complexity index is 522. The molecule has 23 heavy (non-hydrogen) atoms. The number of aromatic nitrogens is 3. The van der Waals surface area contributed by atoms with Gasteiger partial charge in [0.1, 0.15) is 0 Å². The van der Waals surface area contributed by atoms with E-state index in [0.29, 0.717) is 12.1 Å². The molecule has 2 saturated carbocycles. The molecule has 0 aromatic carbocycles. The summed E-state index contributed by atoms with van der Waals surface area (Å²) >= 11 is 0. The molecule has 3 rings (SSSR count). The Labute approximate surface area is 137 Å². The highest BCUT2D eigenvalue weighted by Crippen LogP contribution is 2.31. The molecule has 0 amide bonds. The predicted octanol–water partition coefficient (Wildman–Crippen LogP) is 3.02. The fourth-order valence-corrected chi connectivity index (χ4v) is 4.20. The van der Waals surface area contributed by atoms with Gasteiger partial charge in [0.15, 0.2) is 5.69 Å². The van der Waals surface area contributed by atoms with Gasteiger partial charge in [0.05, 0.1) is 12.2 Å². The first kappa shape index (κ1) is 16.4. The quantitative estimate of drug-likeness (QED) is 0.871. The van der Waals surface area contributed by atoms with E-state index < -0.39 is 5.97 Å². The van der Waals surface area contributed by atoms with Crippen molar-refractivity contribution in [2.75, 3.05) is 0 Å². The summed E-state index contributed by atoms with van der Waals surface area (Å²) in [7, 11) is 0. The fourth-order valence-electron chi connectivity index (χ4n) is 4.20. The van der Waals surface area contributed by atoms with Crippen molar-refractivity contribution in [2.24, 2.45) is 5.92 Å². The third-order valence-electron chi connectivity index (χ3n) is 5.67. The lowest BCUT2D eigenvalue weighted by molar-refractivity contribution is 0.0690. The standard InChI is InChI=1S/C17H28N4O2/c1-2-12-7-9-13(10-8-12)18-14-5-3-4-6-16(14)21-11-15(17(22)23)19-20-21/h11-14,16,18H,2-10H2,1H3,(H,22,23)/t12?,13?,14-,16+/m1/s1. The number of carboxylic acid groups (broad SMARTS) is 1. The Kier molecular flexibility index (Phi) is 5.30. The summed E-state index contributed by atoms with van der Waals surface area (Å²) < 4.78 is 1.78. The second kappa shape index (κ2) is 7.43. The zero-order valence-corrected chi connectivity index (χ0v) is 13.9. The average molecular weight is 320 g/mol. The van der Waals surface area contributed by atoms with Gasteiger partial charge in [-0.1, -0.05) is 31.4 Å². The number of carboxylic acids is 1. The molecule has 0 unspecified atom stereocenters. The van der Waals surface area contributed by atoms with Crippen molar-refractivity contribution in [3.8, 4) is 0 Å². The van der Waals surface area contributed by atoms with Gasteiger partial charge in [-0.05, 0) is 44.4 Å². The third kappa shape index (κ3) is 3.91. The minimum absolute atomic E-state index is 0.0396. The van der Waals surface area contributed by atoms with Crippen molar-refractivity contribution in [3.05, 3.63) is 11.9 Å². The summed E-state index contributed by atoms with van der Waals surface area (Å²) in [5.74, 6) is -0.0990. The Hall–Kier alpha value is -1.43. The SMILES string of the molecule is CCC1CCC(N[C@@H]2CCCC[C@@H]2n2cc(C(=O)O)nn2)CC1. The Balaban J connectivity index is 1.63. The van der Waals surface area contributed by atoms with Crippen LogP contribution >= 0.6 is 0 Å². The Morgan fingerprint density at radius 3 is 2.65 bits per heavy atom. The maximum atomic E-state index is 11.0. The van der Waals surface area contributed by atoms with Gasteiger partial charge in [-0.2, -0.15) is 0 Å². The number of carbonyl (C=O) groups is 1. The lowest BCUT2D eigenvalue weighted by Crippen LogP contribution is -2.46. The molecule has 2 N–H and O–H groups in total. The molecule has 2 aliphatic rings. The van der Waals surface area contributed by atoms with E-state index in [9.17, 15) is 4.79 Å². The average Bonchev–Trinajstić information content (AvgIpc) is 3.06. The molecule has 0 saturated heterocycles. The van der Waals surface area contributed by atoms with Crippen molar-refractivity contribution in [1.82, 2.24) is 20.3 Å². The molecule has 0 spiro atoms. The number of nitrogens with one attached hydrogen (secondary N) is 1. The smallest absolute Gasteiger partial charge is 0.358 e. The van der Waals surface area contributed by atoms with E-state index in [1.165, 1.54) is 44.9 Å². The zero-order chi connectivity index (χ0) is 16.2. The van der Waals surface area contributed by atoms with Crippen LogP contribution in [-0.2, 0) is 0 Å². The van der Waals surface area contributed by atoms with Gasteiger partial charge < -0.3 is 10.4 Å². The highest BCUT2D eigenvalue weighted by atomic mass is 16.4. The van der Waals surface area contributed by atoms with E-state index in [-0.39, 0.29) is 11.7 Å². The van der Waals surface area contributed by atoms with Crippen LogP contribution in [0.25, 0.3) is 0 Å². The largest absolute Gasteiger partial charge is 0.476 e. The van der Waals surface area contributed by atoms with E-state index in [1.54, 1.807) is 10.9 Å². The molecule has 128 valence electrons. The summed E-state index contributed by atoms with van der Waals surface area (Å²) in [5, 5.41) is 20.7. The first-order valence-electron chi connectivity index (χ1n) is 9.08. The molecule has 0 bridgehead atoms. The van der Waals surface area contributed by atoms with Crippen LogP contribution in [0.5, 0.6) is 0 Å². The number of aromatic carboxylic acids is 1. The van der Waals surface area contributed by atoms with Gasteiger partial charge in [0, 0.05) is 12.1 Å². The van der Waals surface area contributed by atoms with E-state index in [1.807, 2.05) is 0 Å². The van der Waals surface area contributed by atoms with Gasteiger partial charge in [-0.3, -0.25) is 0 Å². The highest BCUT2D eigenvalue weighted by Gasteiger charge is 2.31. The summed E-state index contributed by atoms with van der Waals surface area (Å²) in [6.45, 7) is 2.29. The van der Waals surface area contributed by atoms with E-state index >= 15 is 0 Å². The van der Waals surface area contributed by atoms with Crippen LogP contribution in [0.1, 0.15) is 81.2 Å². The number of hydrogen-bond acceptors (Lipinski definition) is 4. The van der Waals surface area contributed by atoms with Crippen LogP contribution in [0.3, 0.4) is 0 Å². The van der Waals surface area contributed by atoms with Crippen molar-refractivity contribution in [2.45, 2.75) is 82.8 Å². The molecule has 2 fully saturated rings. The molecule has 0 radical (unpaired) electrons. The van der Waals surface area contributed by atoms with Crippen LogP contribution in [0.2, 0.25) is 0 Å². The van der Waals surface area contributed by atoms with Gasteiger partial charge in [-0.25, -0.2) is 9.48 Å². The molecule has 6 heteroatoms. The van der Waals surface area contributed by atoms with E-state index in [0.717, 1.165) is 18.8 Å². The summed E-state index contributed by atoms with van der Waals surface area (Å²) in [4.78, 5) is 11.0. The summed E-state index contributed by atoms with van der Waals surface area (Å²) in [6, 6.07) is 1.22. The molecule has 2 atom stereocenters. The topological polar surface area (TPSA) is 80.0 Å². The maximum Gasteiger partial charge on any atom is 0.358 e. The molecule has 0 aliphatic heterocycles. The Morgan fingerprint density at radius 2 is 2.00 bits per heavy atom. The van der Waals surface area contributed by atoms with Crippen LogP contribution in [-0.4, -0.2) is 38.2 Å². The summed E-state index contributed by atoms with van der Waals surface area (Å²) in [6.07, 6.45) is 12.7. The number of rotatable bonds is 5. The Morgan fingerprint density at radius 1 is 1.26 bits per heavy atom. The van der Waals surface area contributed by atoms with Gasteiger partial charge >= 0.3 is 5.97 Å². The molecule has 1 heterocycles. The summed E-state index contributed by atoms with van der Waals surface area (Å²) in [5.41, 5.74) is 0.0396. The normalized spacial score (nSPS) is 31.9. The zero-order valence-electron chi connectivity index (χ0n) is 13.9. The minimum Gasteiger partial charge on any atom is -0.476 e. The molecule has 1 aromatic heterocycles. The van der Waals surface area contributed by atoms with Gasteiger partial charge in [-0.15, -0.1) is 5.10 Å². The van der Waals surface area contributed by atoms with Crippen LogP contribution < -0.4 is 5.32 Å². The molecule has 1 aromatic rings. The van der Waals surface area contributed by atoms with Crippen molar-refractivity contribution in [3.63, 3.8) is 0 Å². The van der Waals surface area contributed by atoms with Crippen molar-refractivity contribution in [1.29, 1.82) is 0 Å². The monoisotopic (exact) mass is 320 g/mol. The number of hydrogen-bond donors (Lipinski definition) is 2. The fraction of sp³-hybridized carbons (Fsp3) is 0.824. The van der Waals surface area contributed by atoms with Crippen molar-refractivity contribution >= 4 is 5.97 Å². The van der Waals surface area contributed by atoms with Gasteiger partial charge in [0.25, 0.3) is 0 Å². The number of nitrogens with zero attached hydrogens (tertiary/aromatic N) is 3. The van der Waals surface area contributed by atoms with Gasteiger partial charge in [0.2, 0.25) is 0 Å². The van der Waals surface area contributed by atoms with E-state index in [2.05, 4.69) is 22.6 Å². The lowest BCUT2D eigenvalue weighted by atomic mass is 9.83. The first-order chi connectivity index (χ1) is 11.2. The third-order valence-corrected chi connectivity index (χ3v) is 5.67. The molecular weight excluding hydrogens is 292 g/mol. The van der Waals surface area contributed by atoms with Crippen LogP contribution in [0, 0.1) is 5.92 Å². The maximum absolute atomic E-state index is 11.0.